The summed E-state index contributed by atoms with van der Waals surface area (Å²) in [5.74, 6) is -0.474. The third-order valence-electron chi connectivity index (χ3n) is 5.84. The Balaban J connectivity index is 1.68. The van der Waals surface area contributed by atoms with E-state index in [1.165, 1.54) is 4.57 Å². The number of aromatic nitrogens is 2. The molecule has 0 unspecified atom stereocenters. The predicted molar refractivity (Wildman–Crippen MR) is 148 cm³/mol. The topological polar surface area (TPSA) is 102 Å². The zero-order valence-electron chi connectivity index (χ0n) is 20.7. The molecule has 0 saturated heterocycles. The number of hydrogen-bond acceptors (Lipinski definition) is 5. The molecule has 3 aromatic carbocycles. The Hall–Kier alpha value is -4.11. The van der Waals surface area contributed by atoms with Crippen LogP contribution >= 0.6 is 11.8 Å². The minimum atomic E-state index is -0.620. The van der Waals surface area contributed by atoms with Gasteiger partial charge in [0, 0.05) is 17.1 Å². The van der Waals surface area contributed by atoms with Crippen molar-refractivity contribution in [2.24, 2.45) is 0 Å². The van der Waals surface area contributed by atoms with Crippen LogP contribution in [0.4, 0.5) is 5.69 Å². The van der Waals surface area contributed by atoms with Crippen LogP contribution in [0.25, 0.3) is 16.6 Å². The molecule has 190 valence electrons. The number of anilines is 1. The van der Waals surface area contributed by atoms with Gasteiger partial charge in [-0.05, 0) is 60.7 Å². The molecule has 0 bridgehead atoms. The summed E-state index contributed by atoms with van der Waals surface area (Å²) >= 11 is 1.56. The van der Waals surface area contributed by atoms with Gasteiger partial charge in [-0.2, -0.15) is 0 Å². The van der Waals surface area contributed by atoms with Gasteiger partial charge >= 0.3 is 5.69 Å². The Morgan fingerprint density at radius 3 is 2.41 bits per heavy atom. The van der Waals surface area contributed by atoms with Crippen molar-refractivity contribution in [1.82, 2.24) is 14.5 Å². The van der Waals surface area contributed by atoms with Crippen molar-refractivity contribution < 1.29 is 9.59 Å². The molecule has 0 spiro atoms. The zero-order chi connectivity index (χ0) is 26.4. The van der Waals surface area contributed by atoms with E-state index in [2.05, 4.69) is 10.6 Å². The van der Waals surface area contributed by atoms with Gasteiger partial charge in [-0.1, -0.05) is 37.3 Å². The Morgan fingerprint density at radius 1 is 0.919 bits per heavy atom. The number of benzene rings is 3. The minimum Gasteiger partial charge on any atom is -0.356 e. The van der Waals surface area contributed by atoms with Crippen LogP contribution in [0.1, 0.15) is 18.9 Å². The zero-order valence-corrected chi connectivity index (χ0v) is 21.5. The Bertz CT molecular complexity index is 1560. The first-order valence-electron chi connectivity index (χ1n) is 12.0. The van der Waals surface area contributed by atoms with E-state index in [0.29, 0.717) is 28.8 Å². The van der Waals surface area contributed by atoms with Crippen molar-refractivity contribution in [3.8, 4) is 5.69 Å². The quantitative estimate of drug-likeness (QED) is 0.331. The lowest BCUT2D eigenvalue weighted by Crippen LogP contribution is -2.40. The van der Waals surface area contributed by atoms with Crippen LogP contribution in [0, 0.1) is 0 Å². The summed E-state index contributed by atoms with van der Waals surface area (Å²) in [6.45, 7) is 2.33. The number of hydrogen-bond donors (Lipinski definition) is 2. The Labute approximate surface area is 218 Å². The van der Waals surface area contributed by atoms with Crippen molar-refractivity contribution in [2.45, 2.75) is 31.2 Å². The summed E-state index contributed by atoms with van der Waals surface area (Å²) in [6.07, 6.45) is 3.00. The average Bonchev–Trinajstić information content (AvgIpc) is 2.91. The largest absolute Gasteiger partial charge is 0.356 e. The van der Waals surface area contributed by atoms with Crippen LogP contribution in [0.2, 0.25) is 0 Å². The van der Waals surface area contributed by atoms with Crippen LogP contribution in [-0.4, -0.2) is 33.7 Å². The number of nitrogens with zero attached hydrogens (tertiary/aromatic N) is 2. The van der Waals surface area contributed by atoms with Crippen molar-refractivity contribution in [3.63, 3.8) is 0 Å². The maximum absolute atomic E-state index is 13.6. The number of nitrogens with one attached hydrogen (secondary N) is 2. The predicted octanol–water partition coefficient (Wildman–Crippen LogP) is 3.58. The maximum atomic E-state index is 13.6. The number of rotatable bonds is 9. The summed E-state index contributed by atoms with van der Waals surface area (Å²) < 4.78 is 2.36. The van der Waals surface area contributed by atoms with Crippen molar-refractivity contribution in [1.29, 1.82) is 0 Å². The molecule has 9 heteroatoms. The monoisotopic (exact) mass is 516 g/mol. The Morgan fingerprint density at radius 2 is 1.68 bits per heavy atom. The molecule has 1 aromatic heterocycles. The van der Waals surface area contributed by atoms with Crippen LogP contribution < -0.4 is 21.9 Å². The third-order valence-corrected chi connectivity index (χ3v) is 6.56. The normalized spacial score (nSPS) is 10.9. The highest BCUT2D eigenvalue weighted by Gasteiger charge is 2.17. The van der Waals surface area contributed by atoms with E-state index >= 15 is 0 Å². The first-order chi connectivity index (χ1) is 17.9. The summed E-state index contributed by atoms with van der Waals surface area (Å²) in [6, 6.07) is 20.9. The second kappa shape index (κ2) is 11.7. The molecule has 0 radical (unpaired) electrons. The molecule has 2 N–H and O–H groups in total. The van der Waals surface area contributed by atoms with E-state index < -0.39 is 11.2 Å². The van der Waals surface area contributed by atoms with Gasteiger partial charge in [0.05, 0.1) is 23.0 Å². The molecular formula is C28H28N4O4S. The number of amides is 2. The molecule has 0 fully saturated rings. The minimum absolute atomic E-state index is 0.0890. The first-order valence-corrected chi connectivity index (χ1v) is 13.2. The van der Waals surface area contributed by atoms with Crippen molar-refractivity contribution >= 4 is 40.2 Å². The van der Waals surface area contributed by atoms with Gasteiger partial charge in [0.2, 0.25) is 11.8 Å². The van der Waals surface area contributed by atoms with E-state index in [-0.39, 0.29) is 24.8 Å². The molecule has 2 amide bonds. The molecule has 0 saturated carbocycles. The SMILES string of the molecule is CCCNC(=O)Cc1ccc(-n2c(=O)c3ccccc3n(CC(=O)Nc3cccc(SC)c3)c2=O)cc1. The number of para-hydroxylation sites is 1. The first kappa shape index (κ1) is 26.0. The van der Waals surface area contributed by atoms with Gasteiger partial charge in [-0.15, -0.1) is 11.8 Å². The lowest BCUT2D eigenvalue weighted by molar-refractivity contribution is -0.120. The van der Waals surface area contributed by atoms with Gasteiger partial charge in [0.1, 0.15) is 6.54 Å². The van der Waals surface area contributed by atoms with E-state index in [0.717, 1.165) is 21.4 Å². The molecule has 0 aliphatic carbocycles. The number of fused-ring (bicyclic) bond motifs is 1. The highest BCUT2D eigenvalue weighted by Crippen LogP contribution is 2.19. The smallest absolute Gasteiger partial charge is 0.336 e. The summed E-state index contributed by atoms with van der Waals surface area (Å²) in [7, 11) is 0. The fraction of sp³-hybridized carbons (Fsp3) is 0.214. The van der Waals surface area contributed by atoms with Gasteiger partial charge < -0.3 is 10.6 Å². The number of carbonyl (C=O) groups excluding carboxylic acids is 2. The van der Waals surface area contributed by atoms with Crippen LogP contribution in [0.3, 0.4) is 0 Å². The summed E-state index contributed by atoms with van der Waals surface area (Å²) in [5, 5.41) is 5.98. The van der Waals surface area contributed by atoms with Crippen LogP contribution in [-0.2, 0) is 22.6 Å². The molecule has 0 aliphatic heterocycles. The van der Waals surface area contributed by atoms with E-state index in [9.17, 15) is 19.2 Å². The fourth-order valence-electron chi connectivity index (χ4n) is 4.02. The molecule has 0 atom stereocenters. The van der Waals surface area contributed by atoms with Crippen molar-refractivity contribution in [3.05, 3.63) is 99.2 Å². The van der Waals surface area contributed by atoms with E-state index in [1.807, 2.05) is 31.4 Å². The van der Waals surface area contributed by atoms with Crippen LogP contribution in [0.15, 0.2) is 87.3 Å². The summed E-state index contributed by atoms with van der Waals surface area (Å²) in [4.78, 5) is 52.8. The highest BCUT2D eigenvalue weighted by atomic mass is 32.2. The molecular weight excluding hydrogens is 488 g/mol. The third kappa shape index (κ3) is 6.00. The molecule has 4 rings (SSSR count). The second-order valence-electron chi connectivity index (χ2n) is 8.50. The molecule has 4 aromatic rings. The van der Waals surface area contributed by atoms with E-state index in [4.69, 9.17) is 0 Å². The maximum Gasteiger partial charge on any atom is 0.336 e. The average molecular weight is 517 g/mol. The van der Waals surface area contributed by atoms with Crippen LogP contribution in [0.5, 0.6) is 0 Å². The standard InChI is InChI=1S/C28H28N4O4S/c1-3-15-29-25(33)16-19-11-13-21(14-12-19)32-27(35)23-9-4-5-10-24(23)31(28(32)36)18-26(34)30-20-7-6-8-22(17-20)37-2/h4-14,17H,3,15-16,18H2,1-2H3,(H,29,33)(H,30,34). The number of thioether (sulfide) groups is 1. The molecule has 1 heterocycles. The van der Waals surface area contributed by atoms with E-state index in [1.54, 1.807) is 66.4 Å². The Kier molecular flexibility index (Phi) is 8.25. The lowest BCUT2D eigenvalue weighted by Gasteiger charge is -2.15. The molecule has 37 heavy (non-hydrogen) atoms. The second-order valence-corrected chi connectivity index (χ2v) is 9.38. The highest BCUT2D eigenvalue weighted by molar-refractivity contribution is 7.98. The fourth-order valence-corrected chi connectivity index (χ4v) is 4.48. The van der Waals surface area contributed by atoms with Gasteiger partial charge in [-0.25, -0.2) is 9.36 Å². The van der Waals surface area contributed by atoms with Gasteiger partial charge in [0.25, 0.3) is 5.56 Å². The van der Waals surface area contributed by atoms with Gasteiger partial charge in [0.15, 0.2) is 0 Å². The summed E-state index contributed by atoms with van der Waals surface area (Å²) in [5.41, 5.74) is 1.04. The number of carbonyl (C=O) groups is 2. The molecule has 8 nitrogen and oxygen atoms in total. The van der Waals surface area contributed by atoms with Gasteiger partial charge in [-0.3, -0.25) is 19.0 Å². The lowest BCUT2D eigenvalue weighted by atomic mass is 10.1. The van der Waals surface area contributed by atoms with Crippen molar-refractivity contribution in [2.75, 3.05) is 18.1 Å². The molecule has 0 aliphatic rings.